The molecule has 2 rings (SSSR count). The molecule has 0 aliphatic carbocycles. The number of nitrogens with two attached hydrogens (primary N) is 2. The van der Waals surface area contributed by atoms with Crippen LogP contribution in [-0.2, 0) is 30.4 Å². The standard InChI is InChI=1S/C24H34N6O6/c1-4-12(2)20(26)23(34)29-17(9-14-11-27-16-8-6-5-7-15(14)16)22(33)28-13(3)21(32)30-18(24(35)36)10-19(25)31/h5-8,11-13,17-18,20,27H,4,9-10,26H2,1-3H3,(H2,25,31)(H,28,33)(H,29,34)(H,30,32)(H,35,36). The van der Waals surface area contributed by atoms with Crippen LogP contribution in [0.4, 0.5) is 0 Å². The van der Waals surface area contributed by atoms with Gasteiger partial charge in [0.2, 0.25) is 23.6 Å². The first-order valence-corrected chi connectivity index (χ1v) is 11.7. The van der Waals surface area contributed by atoms with Crippen LogP contribution in [0.5, 0.6) is 0 Å². The Morgan fingerprint density at radius 2 is 1.61 bits per heavy atom. The van der Waals surface area contributed by atoms with E-state index < -0.39 is 60.2 Å². The van der Waals surface area contributed by atoms with Crippen molar-refractivity contribution in [2.45, 2.75) is 64.2 Å². The predicted molar refractivity (Wildman–Crippen MR) is 132 cm³/mol. The summed E-state index contributed by atoms with van der Waals surface area (Å²) in [6, 6.07) is 2.86. The van der Waals surface area contributed by atoms with Crippen LogP contribution >= 0.6 is 0 Å². The minimum absolute atomic E-state index is 0.114. The lowest BCUT2D eigenvalue weighted by Gasteiger charge is -2.25. The number of carboxylic acids is 1. The van der Waals surface area contributed by atoms with Crippen LogP contribution < -0.4 is 27.4 Å². The maximum absolute atomic E-state index is 13.2. The molecule has 0 saturated heterocycles. The van der Waals surface area contributed by atoms with Gasteiger partial charge in [0.25, 0.3) is 0 Å². The number of carbonyl (C=O) groups excluding carboxylic acids is 4. The first kappa shape index (κ1) is 28.3. The number of fused-ring (bicyclic) bond motifs is 1. The number of amides is 4. The Morgan fingerprint density at radius 1 is 0.972 bits per heavy atom. The van der Waals surface area contributed by atoms with E-state index in [9.17, 15) is 29.1 Å². The van der Waals surface area contributed by atoms with E-state index >= 15 is 0 Å². The van der Waals surface area contributed by atoms with Crippen LogP contribution in [-0.4, -0.2) is 63.9 Å². The number of hydrogen-bond donors (Lipinski definition) is 7. The average molecular weight is 503 g/mol. The summed E-state index contributed by atoms with van der Waals surface area (Å²) in [5.74, 6) is -4.46. The number of primary amides is 1. The molecular formula is C24H34N6O6. The predicted octanol–water partition coefficient (Wildman–Crippen LogP) is -0.482. The quantitative estimate of drug-likeness (QED) is 0.191. The van der Waals surface area contributed by atoms with E-state index in [0.717, 1.165) is 16.5 Å². The van der Waals surface area contributed by atoms with E-state index in [1.54, 1.807) is 6.20 Å². The van der Waals surface area contributed by atoms with E-state index in [1.165, 1.54) is 6.92 Å². The topological polar surface area (TPSA) is 209 Å². The fraction of sp³-hybridized carbons (Fsp3) is 0.458. The van der Waals surface area contributed by atoms with Crippen molar-refractivity contribution in [3.05, 3.63) is 36.0 Å². The van der Waals surface area contributed by atoms with Crippen LogP contribution in [0.3, 0.4) is 0 Å². The Bertz CT molecular complexity index is 1120. The lowest BCUT2D eigenvalue weighted by Crippen LogP contribution is -2.57. The number of H-pyrrole nitrogens is 1. The van der Waals surface area contributed by atoms with Crippen LogP contribution in [0.15, 0.2) is 30.5 Å². The molecule has 12 nitrogen and oxygen atoms in total. The second-order valence-electron chi connectivity index (χ2n) is 8.84. The SMILES string of the molecule is CCC(C)C(N)C(=O)NC(Cc1c[nH]c2ccccc12)C(=O)NC(C)C(=O)NC(CC(N)=O)C(=O)O. The van der Waals surface area contributed by atoms with Gasteiger partial charge < -0.3 is 37.5 Å². The Morgan fingerprint density at radius 3 is 2.22 bits per heavy atom. The van der Waals surface area contributed by atoms with Gasteiger partial charge in [-0.05, 0) is 24.5 Å². The smallest absolute Gasteiger partial charge is 0.326 e. The number of carboxylic acid groups (broad SMARTS) is 1. The third-order valence-electron chi connectivity index (χ3n) is 6.06. The maximum atomic E-state index is 13.2. The number of aromatic amines is 1. The summed E-state index contributed by atoms with van der Waals surface area (Å²) in [4.78, 5) is 63.9. The van der Waals surface area contributed by atoms with Crippen molar-refractivity contribution in [2.24, 2.45) is 17.4 Å². The molecule has 0 spiro atoms. The van der Waals surface area contributed by atoms with E-state index in [0.29, 0.717) is 6.42 Å². The van der Waals surface area contributed by atoms with Gasteiger partial charge in [-0.25, -0.2) is 4.79 Å². The molecule has 36 heavy (non-hydrogen) atoms. The Kier molecular flexibility index (Phi) is 9.97. The molecule has 12 heteroatoms. The van der Waals surface area contributed by atoms with Gasteiger partial charge in [-0.1, -0.05) is 38.5 Å². The number of aliphatic carboxylic acids is 1. The number of rotatable bonds is 13. The molecule has 0 aliphatic rings. The first-order valence-electron chi connectivity index (χ1n) is 11.7. The fourth-order valence-electron chi connectivity index (χ4n) is 3.59. The Hall–Kier alpha value is -3.93. The van der Waals surface area contributed by atoms with Gasteiger partial charge in [0.15, 0.2) is 0 Å². The lowest BCUT2D eigenvalue weighted by molar-refractivity contribution is -0.143. The Labute approximate surface area is 208 Å². The molecular weight excluding hydrogens is 468 g/mol. The molecule has 1 aromatic heterocycles. The summed E-state index contributed by atoms with van der Waals surface area (Å²) in [6.45, 7) is 5.08. The highest BCUT2D eigenvalue weighted by molar-refractivity contribution is 5.95. The summed E-state index contributed by atoms with van der Waals surface area (Å²) in [7, 11) is 0. The van der Waals surface area contributed by atoms with Crippen LogP contribution in [0.2, 0.25) is 0 Å². The van der Waals surface area contributed by atoms with Crippen molar-refractivity contribution in [1.82, 2.24) is 20.9 Å². The second-order valence-corrected chi connectivity index (χ2v) is 8.84. The fourth-order valence-corrected chi connectivity index (χ4v) is 3.59. The molecule has 0 aliphatic heterocycles. The molecule has 0 radical (unpaired) electrons. The maximum Gasteiger partial charge on any atom is 0.326 e. The molecule has 196 valence electrons. The van der Waals surface area contributed by atoms with Crippen molar-refractivity contribution < 1.29 is 29.1 Å². The average Bonchev–Trinajstić information content (AvgIpc) is 3.24. The molecule has 0 fully saturated rings. The van der Waals surface area contributed by atoms with Crippen molar-refractivity contribution in [1.29, 1.82) is 0 Å². The summed E-state index contributed by atoms with van der Waals surface area (Å²) < 4.78 is 0. The van der Waals surface area contributed by atoms with Crippen LogP contribution in [0, 0.1) is 5.92 Å². The summed E-state index contributed by atoms with van der Waals surface area (Å²) in [6.07, 6.45) is 1.92. The molecule has 1 aromatic carbocycles. The molecule has 5 atom stereocenters. The molecule has 0 bridgehead atoms. The number of nitrogens with one attached hydrogen (secondary N) is 4. The normalized spacial score (nSPS) is 15.2. The largest absolute Gasteiger partial charge is 0.480 e. The van der Waals surface area contributed by atoms with Gasteiger partial charge in [0, 0.05) is 23.5 Å². The highest BCUT2D eigenvalue weighted by atomic mass is 16.4. The minimum atomic E-state index is -1.54. The van der Waals surface area contributed by atoms with Gasteiger partial charge in [0.1, 0.15) is 18.1 Å². The van der Waals surface area contributed by atoms with Crippen molar-refractivity contribution in [2.75, 3.05) is 0 Å². The molecule has 0 saturated carbocycles. The van der Waals surface area contributed by atoms with Gasteiger partial charge >= 0.3 is 5.97 Å². The molecule has 9 N–H and O–H groups in total. The number of hydrogen-bond acceptors (Lipinski definition) is 6. The van der Waals surface area contributed by atoms with Gasteiger partial charge in [-0.2, -0.15) is 0 Å². The molecule has 2 aromatic rings. The monoisotopic (exact) mass is 502 g/mol. The summed E-state index contributed by atoms with van der Waals surface area (Å²) in [5, 5.41) is 17.4. The van der Waals surface area contributed by atoms with Crippen LogP contribution in [0.25, 0.3) is 10.9 Å². The number of carbonyl (C=O) groups is 5. The Balaban J connectivity index is 2.20. The minimum Gasteiger partial charge on any atom is -0.480 e. The third-order valence-corrected chi connectivity index (χ3v) is 6.06. The molecule has 1 heterocycles. The second kappa shape index (κ2) is 12.7. The van der Waals surface area contributed by atoms with Crippen molar-refractivity contribution >= 4 is 40.5 Å². The highest BCUT2D eigenvalue weighted by Crippen LogP contribution is 2.19. The lowest BCUT2D eigenvalue weighted by atomic mass is 9.98. The van der Waals surface area contributed by atoms with E-state index in [2.05, 4.69) is 20.9 Å². The number of para-hydroxylation sites is 1. The molecule has 5 unspecified atom stereocenters. The van der Waals surface area contributed by atoms with Crippen molar-refractivity contribution in [3.63, 3.8) is 0 Å². The summed E-state index contributed by atoms with van der Waals surface area (Å²) >= 11 is 0. The van der Waals surface area contributed by atoms with Gasteiger partial charge in [-0.3, -0.25) is 19.2 Å². The zero-order valence-corrected chi connectivity index (χ0v) is 20.5. The van der Waals surface area contributed by atoms with E-state index in [-0.39, 0.29) is 12.3 Å². The third kappa shape index (κ3) is 7.54. The van der Waals surface area contributed by atoms with Gasteiger partial charge in [0.05, 0.1) is 12.5 Å². The van der Waals surface area contributed by atoms with Crippen molar-refractivity contribution in [3.8, 4) is 0 Å². The first-order chi connectivity index (χ1) is 16.9. The van der Waals surface area contributed by atoms with Gasteiger partial charge in [-0.15, -0.1) is 0 Å². The number of aromatic nitrogens is 1. The number of benzene rings is 1. The van der Waals surface area contributed by atoms with E-state index in [1.807, 2.05) is 38.1 Å². The highest BCUT2D eigenvalue weighted by Gasteiger charge is 2.30. The zero-order valence-electron chi connectivity index (χ0n) is 20.5. The molecule has 4 amide bonds. The zero-order chi connectivity index (χ0) is 27.0. The summed E-state index contributed by atoms with van der Waals surface area (Å²) in [5.41, 5.74) is 12.7. The van der Waals surface area contributed by atoms with E-state index in [4.69, 9.17) is 11.5 Å². The van der Waals surface area contributed by atoms with Crippen LogP contribution in [0.1, 0.15) is 39.2 Å².